The van der Waals surface area contributed by atoms with Gasteiger partial charge in [-0.15, -0.1) is 22.7 Å². The number of thiophene rings is 2. The highest BCUT2D eigenvalue weighted by molar-refractivity contribution is 7.99. The first-order valence-corrected chi connectivity index (χ1v) is 13.4. The van der Waals surface area contributed by atoms with Crippen LogP contribution in [0.3, 0.4) is 0 Å². The van der Waals surface area contributed by atoms with Crippen LogP contribution < -0.4 is 16.6 Å². The Kier molecular flexibility index (Phi) is 5.85. The first-order chi connectivity index (χ1) is 15.4. The Labute approximate surface area is 197 Å². The van der Waals surface area contributed by atoms with E-state index in [0.717, 1.165) is 65.8 Å². The second-order valence-electron chi connectivity index (χ2n) is 8.52. The molecule has 0 fully saturated rings. The molecule has 3 aromatic rings. The van der Waals surface area contributed by atoms with Crippen LogP contribution in [0.2, 0.25) is 0 Å². The lowest BCUT2D eigenvalue weighted by Gasteiger charge is -2.17. The Balaban J connectivity index is 1.32. The molecule has 7 nitrogen and oxygen atoms in total. The third-order valence-corrected chi connectivity index (χ3v) is 9.38. The molecule has 1 unspecified atom stereocenters. The van der Waals surface area contributed by atoms with Crippen molar-refractivity contribution in [2.75, 3.05) is 11.1 Å². The predicted molar refractivity (Wildman–Crippen MR) is 130 cm³/mol. The summed E-state index contributed by atoms with van der Waals surface area (Å²) in [6.45, 7) is 2.23. The zero-order valence-corrected chi connectivity index (χ0v) is 20.2. The molecule has 10 heteroatoms. The zero-order valence-electron chi connectivity index (χ0n) is 17.7. The van der Waals surface area contributed by atoms with Gasteiger partial charge in [0, 0.05) is 9.75 Å². The number of thioether (sulfide) groups is 1. The summed E-state index contributed by atoms with van der Waals surface area (Å²) < 4.78 is 0. The van der Waals surface area contributed by atoms with E-state index < -0.39 is 5.91 Å². The summed E-state index contributed by atoms with van der Waals surface area (Å²) in [7, 11) is 0. The first-order valence-electron chi connectivity index (χ1n) is 10.8. The molecule has 4 N–H and O–H groups in total. The molecule has 0 saturated carbocycles. The number of fused-ring (bicyclic) bond motifs is 4. The number of aromatic amines is 1. The van der Waals surface area contributed by atoms with Crippen molar-refractivity contribution in [2.45, 2.75) is 57.0 Å². The van der Waals surface area contributed by atoms with Gasteiger partial charge in [-0.1, -0.05) is 18.7 Å². The summed E-state index contributed by atoms with van der Waals surface area (Å²) in [5.41, 5.74) is 8.06. The highest BCUT2D eigenvalue weighted by Gasteiger charge is 2.26. The monoisotopic (exact) mass is 488 g/mol. The van der Waals surface area contributed by atoms with Gasteiger partial charge in [-0.3, -0.25) is 14.4 Å². The smallest absolute Gasteiger partial charge is 0.260 e. The maximum atomic E-state index is 12.7. The summed E-state index contributed by atoms with van der Waals surface area (Å²) in [5, 5.41) is 4.53. The van der Waals surface area contributed by atoms with Crippen LogP contribution in [0.25, 0.3) is 10.2 Å². The number of rotatable bonds is 5. The van der Waals surface area contributed by atoms with E-state index in [-0.39, 0.29) is 17.2 Å². The molecule has 0 bridgehead atoms. The minimum atomic E-state index is -0.500. The number of nitrogens with one attached hydrogen (secondary N) is 2. The number of hydrogen-bond acceptors (Lipinski definition) is 7. The molecule has 0 saturated heterocycles. The number of H-pyrrole nitrogens is 1. The van der Waals surface area contributed by atoms with Gasteiger partial charge in [0.1, 0.15) is 9.83 Å². The van der Waals surface area contributed by atoms with Crippen LogP contribution in [-0.2, 0) is 30.5 Å². The molecular weight excluding hydrogens is 464 g/mol. The lowest BCUT2D eigenvalue weighted by Crippen LogP contribution is -2.19. The molecule has 1 atom stereocenters. The third-order valence-electron chi connectivity index (χ3n) is 6.15. The highest BCUT2D eigenvalue weighted by atomic mass is 32.2. The van der Waals surface area contributed by atoms with Gasteiger partial charge in [0.2, 0.25) is 5.91 Å². The van der Waals surface area contributed by atoms with Crippen molar-refractivity contribution in [3.05, 3.63) is 36.8 Å². The van der Waals surface area contributed by atoms with Gasteiger partial charge in [0.05, 0.1) is 16.7 Å². The van der Waals surface area contributed by atoms with Crippen LogP contribution in [0, 0.1) is 5.92 Å². The Hall–Kier alpha value is -2.17. The minimum Gasteiger partial charge on any atom is -0.365 e. The normalized spacial score (nSPS) is 17.7. The van der Waals surface area contributed by atoms with Crippen LogP contribution in [0.1, 0.15) is 57.4 Å². The SMILES string of the molecule is CC1CCc2c(sc3nc(SCC(=O)Nc4sc5c(c4C(N)=O)CCCC5)[nH]c(=O)c23)C1. The number of amides is 2. The number of anilines is 1. The van der Waals surface area contributed by atoms with Crippen molar-refractivity contribution in [1.82, 2.24) is 9.97 Å². The van der Waals surface area contributed by atoms with E-state index in [4.69, 9.17) is 5.73 Å². The largest absolute Gasteiger partial charge is 0.365 e. The van der Waals surface area contributed by atoms with E-state index in [1.54, 1.807) is 11.3 Å². The highest BCUT2D eigenvalue weighted by Crippen LogP contribution is 2.38. The average molecular weight is 489 g/mol. The van der Waals surface area contributed by atoms with Crippen molar-refractivity contribution < 1.29 is 9.59 Å². The molecule has 0 spiro atoms. The summed E-state index contributed by atoms with van der Waals surface area (Å²) in [4.78, 5) is 48.0. The molecule has 168 valence electrons. The maximum Gasteiger partial charge on any atom is 0.260 e. The molecule has 3 heterocycles. The number of nitrogens with two attached hydrogens (primary N) is 1. The van der Waals surface area contributed by atoms with Crippen LogP contribution in [0.15, 0.2) is 9.95 Å². The molecule has 0 aromatic carbocycles. The Morgan fingerprint density at radius 3 is 2.81 bits per heavy atom. The van der Waals surface area contributed by atoms with Gasteiger partial charge in [0.15, 0.2) is 5.16 Å². The van der Waals surface area contributed by atoms with Crippen LogP contribution in [0.5, 0.6) is 0 Å². The number of hydrogen-bond donors (Lipinski definition) is 3. The predicted octanol–water partition coefficient (Wildman–Crippen LogP) is 3.88. The summed E-state index contributed by atoms with van der Waals surface area (Å²) >= 11 is 4.23. The molecule has 0 radical (unpaired) electrons. The van der Waals surface area contributed by atoms with Gasteiger partial charge in [-0.25, -0.2) is 4.98 Å². The minimum absolute atomic E-state index is 0.0807. The number of carbonyl (C=O) groups is 2. The molecule has 2 amide bonds. The molecule has 32 heavy (non-hydrogen) atoms. The summed E-state index contributed by atoms with van der Waals surface area (Å²) in [6.07, 6.45) is 6.86. The topological polar surface area (TPSA) is 118 Å². The van der Waals surface area contributed by atoms with Gasteiger partial charge in [0.25, 0.3) is 11.5 Å². The fraction of sp³-hybridized carbons (Fsp3) is 0.455. The fourth-order valence-corrected chi connectivity index (χ4v) is 8.02. The second kappa shape index (κ2) is 8.64. The number of primary amides is 1. The van der Waals surface area contributed by atoms with E-state index >= 15 is 0 Å². The van der Waals surface area contributed by atoms with Crippen molar-refractivity contribution in [3.63, 3.8) is 0 Å². The third kappa shape index (κ3) is 3.99. The number of aryl methyl sites for hydroxylation is 2. The van der Waals surface area contributed by atoms with Gasteiger partial charge in [-0.05, 0) is 62.0 Å². The van der Waals surface area contributed by atoms with E-state index in [2.05, 4.69) is 22.2 Å². The van der Waals surface area contributed by atoms with E-state index in [1.807, 2.05) is 0 Å². The Morgan fingerprint density at radius 1 is 1.19 bits per heavy atom. The van der Waals surface area contributed by atoms with Crippen LogP contribution in [0.4, 0.5) is 5.00 Å². The average Bonchev–Trinajstić information content (AvgIpc) is 3.29. The van der Waals surface area contributed by atoms with Gasteiger partial charge < -0.3 is 16.0 Å². The van der Waals surface area contributed by atoms with Crippen molar-refractivity contribution in [1.29, 1.82) is 0 Å². The lowest BCUT2D eigenvalue weighted by atomic mass is 9.89. The standard InChI is InChI=1S/C22H24N4O3S3/c1-10-6-7-12-14(8-10)32-21-17(12)19(29)25-22(26-21)30-9-15(27)24-20-16(18(23)28)11-4-2-3-5-13(11)31-20/h10H,2-9H2,1H3,(H2,23,28)(H,24,27)(H,25,26,29). The quantitative estimate of drug-likeness (QED) is 0.372. The van der Waals surface area contributed by atoms with Crippen molar-refractivity contribution in [3.8, 4) is 0 Å². The molecule has 2 aliphatic carbocycles. The van der Waals surface area contributed by atoms with E-state index in [9.17, 15) is 14.4 Å². The van der Waals surface area contributed by atoms with Crippen LogP contribution in [-0.4, -0.2) is 27.5 Å². The fourth-order valence-electron chi connectivity index (χ4n) is 4.61. The Morgan fingerprint density at radius 2 is 2.00 bits per heavy atom. The first kappa shape index (κ1) is 21.7. The Bertz CT molecular complexity index is 1290. The van der Waals surface area contributed by atoms with E-state index in [1.165, 1.54) is 28.0 Å². The van der Waals surface area contributed by atoms with E-state index in [0.29, 0.717) is 27.0 Å². The number of carbonyl (C=O) groups excluding carboxylic acids is 2. The maximum absolute atomic E-state index is 12.7. The molecule has 3 aromatic heterocycles. The summed E-state index contributed by atoms with van der Waals surface area (Å²) in [6, 6.07) is 0. The summed E-state index contributed by atoms with van der Waals surface area (Å²) in [5.74, 6) is -0.0459. The molecule has 5 rings (SSSR count). The second-order valence-corrected chi connectivity index (χ2v) is 11.7. The zero-order chi connectivity index (χ0) is 22.4. The van der Waals surface area contributed by atoms with Gasteiger partial charge >= 0.3 is 0 Å². The van der Waals surface area contributed by atoms with Crippen LogP contribution >= 0.6 is 34.4 Å². The van der Waals surface area contributed by atoms with Gasteiger partial charge in [-0.2, -0.15) is 0 Å². The van der Waals surface area contributed by atoms with Crippen molar-refractivity contribution in [2.24, 2.45) is 11.7 Å². The number of aromatic nitrogens is 2. The number of nitrogens with zero attached hydrogens (tertiary/aromatic N) is 1. The van der Waals surface area contributed by atoms with Crippen molar-refractivity contribution >= 4 is 61.5 Å². The lowest BCUT2D eigenvalue weighted by molar-refractivity contribution is -0.113. The molecule has 0 aliphatic heterocycles. The molecular formula is C22H24N4O3S3. The molecule has 2 aliphatic rings.